The molecule has 3 heterocycles. The molecule has 0 amide bonds. The fourth-order valence-corrected chi connectivity index (χ4v) is 9.13. The molecule has 0 saturated heterocycles. The first-order valence-corrected chi connectivity index (χ1v) is 19.8. The molecule has 0 N–H and O–H groups in total. The van der Waals surface area contributed by atoms with E-state index >= 15 is 0 Å². The average molecular weight is 742 g/mol. The van der Waals surface area contributed by atoms with Gasteiger partial charge in [0.25, 0.3) is 0 Å². The van der Waals surface area contributed by atoms with Crippen LogP contribution in [0.25, 0.3) is 88.1 Å². The fraction of sp³-hybridized carbons (Fsp3) is 0. The van der Waals surface area contributed by atoms with Gasteiger partial charge in [0, 0.05) is 61.1 Å². The summed E-state index contributed by atoms with van der Waals surface area (Å²) in [5.74, 6) is 0. The number of fused-ring (bicyclic) bond motifs is 9. The Labute approximate surface area is 334 Å². The molecule has 0 aliphatic rings. The maximum absolute atomic E-state index is 6.48. The Balaban J connectivity index is 1.05. The van der Waals surface area contributed by atoms with Crippen molar-refractivity contribution in [2.45, 2.75) is 0 Å². The smallest absolute Gasteiger partial charge is 0.137 e. The van der Waals surface area contributed by atoms with Crippen LogP contribution in [0.4, 0.5) is 17.1 Å². The largest absolute Gasteiger partial charge is 0.456 e. The van der Waals surface area contributed by atoms with Crippen LogP contribution >= 0.6 is 0 Å². The first kappa shape index (κ1) is 32.4. The highest BCUT2D eigenvalue weighted by Crippen LogP contribution is 2.45. The summed E-state index contributed by atoms with van der Waals surface area (Å²) in [6.07, 6.45) is 0. The third-order valence-corrected chi connectivity index (χ3v) is 11.7. The van der Waals surface area contributed by atoms with E-state index in [-0.39, 0.29) is 0 Å². The standard InChI is InChI=1S/C54H35N3O/c1-3-14-38(15-4-1)56-48-22-11-8-20-46(48)54-49(23-13-24-50(54)56)55(41-31-33-45-44-19-9-12-25-52(44)58-53(45)35-41)40-29-26-36(27-30-40)37-28-32-43-42-18-7-10-21-47(42)57(51(43)34-37)39-16-5-2-6-17-39/h1-35H. The quantitative estimate of drug-likeness (QED) is 0.170. The van der Waals surface area contributed by atoms with E-state index in [1.54, 1.807) is 0 Å². The average Bonchev–Trinajstić information content (AvgIpc) is 3.95. The van der Waals surface area contributed by atoms with Crippen molar-refractivity contribution in [2.75, 3.05) is 4.90 Å². The number of benzene rings is 9. The summed E-state index contributed by atoms with van der Waals surface area (Å²) in [7, 11) is 0. The van der Waals surface area contributed by atoms with Crippen LogP contribution in [0, 0.1) is 0 Å². The maximum Gasteiger partial charge on any atom is 0.137 e. The predicted molar refractivity (Wildman–Crippen MR) is 243 cm³/mol. The molecule has 0 aliphatic heterocycles. The van der Waals surface area contributed by atoms with Crippen LogP contribution in [-0.4, -0.2) is 9.13 Å². The molecule has 0 radical (unpaired) electrons. The van der Waals surface area contributed by atoms with Crippen molar-refractivity contribution in [3.8, 4) is 22.5 Å². The van der Waals surface area contributed by atoms with Crippen LogP contribution in [0.5, 0.6) is 0 Å². The fourth-order valence-electron chi connectivity index (χ4n) is 9.13. The number of anilines is 3. The minimum Gasteiger partial charge on any atom is -0.456 e. The van der Waals surface area contributed by atoms with Crippen molar-refractivity contribution in [1.82, 2.24) is 9.13 Å². The van der Waals surface area contributed by atoms with Crippen LogP contribution in [0.3, 0.4) is 0 Å². The molecule has 4 heteroatoms. The molecule has 9 aromatic carbocycles. The first-order chi connectivity index (χ1) is 28.8. The molecular formula is C54H35N3O. The van der Waals surface area contributed by atoms with Gasteiger partial charge in [-0.1, -0.05) is 121 Å². The molecule has 272 valence electrons. The summed E-state index contributed by atoms with van der Waals surface area (Å²) in [6, 6.07) is 76.2. The van der Waals surface area contributed by atoms with E-state index in [0.717, 1.165) is 61.5 Å². The van der Waals surface area contributed by atoms with E-state index in [2.05, 4.69) is 214 Å². The van der Waals surface area contributed by atoms with Crippen molar-refractivity contribution >= 4 is 82.6 Å². The zero-order chi connectivity index (χ0) is 38.2. The van der Waals surface area contributed by atoms with E-state index in [1.165, 1.54) is 43.7 Å². The molecule has 0 saturated carbocycles. The van der Waals surface area contributed by atoms with Gasteiger partial charge in [-0.3, -0.25) is 0 Å². The number of hydrogen-bond acceptors (Lipinski definition) is 2. The third kappa shape index (κ3) is 4.95. The van der Waals surface area contributed by atoms with Crippen molar-refractivity contribution in [2.24, 2.45) is 0 Å². The first-order valence-electron chi connectivity index (χ1n) is 19.8. The Hall–Kier alpha value is -7.82. The van der Waals surface area contributed by atoms with Crippen molar-refractivity contribution in [3.05, 3.63) is 212 Å². The second-order valence-electron chi connectivity index (χ2n) is 14.9. The summed E-state index contributed by atoms with van der Waals surface area (Å²) >= 11 is 0. The molecular weight excluding hydrogens is 707 g/mol. The molecule has 0 bridgehead atoms. The second-order valence-corrected chi connectivity index (χ2v) is 14.9. The Morgan fingerprint density at radius 2 is 0.862 bits per heavy atom. The van der Waals surface area contributed by atoms with Gasteiger partial charge in [0.05, 0.1) is 27.8 Å². The minimum atomic E-state index is 0.862. The highest BCUT2D eigenvalue weighted by atomic mass is 16.3. The Morgan fingerprint density at radius 1 is 0.328 bits per heavy atom. The van der Waals surface area contributed by atoms with E-state index < -0.39 is 0 Å². The summed E-state index contributed by atoms with van der Waals surface area (Å²) in [6.45, 7) is 0. The lowest BCUT2D eigenvalue weighted by Gasteiger charge is -2.27. The van der Waals surface area contributed by atoms with Gasteiger partial charge in [0.1, 0.15) is 11.2 Å². The van der Waals surface area contributed by atoms with Crippen LogP contribution in [0.2, 0.25) is 0 Å². The molecule has 12 rings (SSSR count). The van der Waals surface area contributed by atoms with Crippen molar-refractivity contribution < 1.29 is 4.42 Å². The summed E-state index contributed by atoms with van der Waals surface area (Å²) in [5, 5.41) is 7.12. The summed E-state index contributed by atoms with van der Waals surface area (Å²) < 4.78 is 11.2. The van der Waals surface area contributed by atoms with Crippen LogP contribution < -0.4 is 4.90 Å². The molecule has 58 heavy (non-hydrogen) atoms. The summed E-state index contributed by atoms with van der Waals surface area (Å²) in [5.41, 5.74) is 14.3. The lowest BCUT2D eigenvalue weighted by Crippen LogP contribution is -2.10. The van der Waals surface area contributed by atoms with Gasteiger partial charge >= 0.3 is 0 Å². The second kappa shape index (κ2) is 12.9. The van der Waals surface area contributed by atoms with Crippen LogP contribution in [-0.2, 0) is 0 Å². The normalized spacial score (nSPS) is 11.8. The van der Waals surface area contributed by atoms with Crippen LogP contribution in [0.1, 0.15) is 0 Å². The van der Waals surface area contributed by atoms with Crippen molar-refractivity contribution in [3.63, 3.8) is 0 Å². The molecule has 0 fully saturated rings. The SMILES string of the molecule is c1ccc(-n2c3ccccc3c3ccc(-c4ccc(N(c5ccc6c(c5)oc5ccccc56)c5cccc6c5c5ccccc5n6-c5ccccc5)cc4)cc32)cc1. The van der Waals surface area contributed by atoms with Gasteiger partial charge in [0.2, 0.25) is 0 Å². The number of rotatable bonds is 6. The molecule has 4 nitrogen and oxygen atoms in total. The molecule has 0 unspecified atom stereocenters. The van der Waals surface area contributed by atoms with Gasteiger partial charge in [-0.2, -0.15) is 0 Å². The lowest BCUT2D eigenvalue weighted by molar-refractivity contribution is 0.669. The number of aromatic nitrogens is 2. The molecule has 3 aromatic heterocycles. The topological polar surface area (TPSA) is 26.2 Å². The van der Waals surface area contributed by atoms with Crippen molar-refractivity contribution in [1.29, 1.82) is 0 Å². The Kier molecular flexibility index (Phi) is 7.20. The summed E-state index contributed by atoms with van der Waals surface area (Å²) in [4.78, 5) is 2.39. The van der Waals surface area contributed by atoms with E-state index in [1.807, 2.05) is 12.1 Å². The lowest BCUT2D eigenvalue weighted by atomic mass is 10.0. The van der Waals surface area contributed by atoms with Gasteiger partial charge in [-0.25, -0.2) is 0 Å². The van der Waals surface area contributed by atoms with Gasteiger partial charge in [0.15, 0.2) is 0 Å². The highest BCUT2D eigenvalue weighted by molar-refractivity contribution is 6.17. The third-order valence-electron chi connectivity index (χ3n) is 11.7. The molecule has 12 aromatic rings. The zero-order valence-electron chi connectivity index (χ0n) is 31.5. The Morgan fingerprint density at radius 3 is 1.62 bits per heavy atom. The van der Waals surface area contributed by atoms with Gasteiger partial charge < -0.3 is 18.5 Å². The van der Waals surface area contributed by atoms with E-state index in [0.29, 0.717) is 0 Å². The maximum atomic E-state index is 6.48. The molecule has 0 atom stereocenters. The molecule has 0 spiro atoms. The number of nitrogens with zero attached hydrogens (tertiary/aromatic N) is 3. The number of furan rings is 1. The van der Waals surface area contributed by atoms with E-state index in [4.69, 9.17) is 4.42 Å². The monoisotopic (exact) mass is 741 g/mol. The van der Waals surface area contributed by atoms with Crippen LogP contribution in [0.15, 0.2) is 217 Å². The predicted octanol–water partition coefficient (Wildman–Crippen LogP) is 14.9. The molecule has 0 aliphatic carbocycles. The highest BCUT2D eigenvalue weighted by Gasteiger charge is 2.22. The van der Waals surface area contributed by atoms with Gasteiger partial charge in [-0.15, -0.1) is 0 Å². The zero-order valence-corrected chi connectivity index (χ0v) is 31.5. The van der Waals surface area contributed by atoms with Gasteiger partial charge in [-0.05, 0) is 96.1 Å². The Bertz CT molecular complexity index is 3500. The number of hydrogen-bond donors (Lipinski definition) is 0. The minimum absolute atomic E-state index is 0.862. The van der Waals surface area contributed by atoms with E-state index in [9.17, 15) is 0 Å². The number of para-hydroxylation sites is 5.